The Morgan fingerprint density at radius 3 is 2.82 bits per heavy atom. The molecule has 2 heterocycles. The van der Waals surface area contributed by atoms with Gasteiger partial charge in [-0.05, 0) is 38.3 Å². The molecular formula is C21H34IN5O. The first-order valence-corrected chi connectivity index (χ1v) is 10.2. The number of ether oxygens (including phenoxy) is 1. The van der Waals surface area contributed by atoms with E-state index in [0.29, 0.717) is 6.04 Å². The maximum absolute atomic E-state index is 5.43. The van der Waals surface area contributed by atoms with Gasteiger partial charge in [-0.15, -0.1) is 24.0 Å². The van der Waals surface area contributed by atoms with Gasteiger partial charge in [0.1, 0.15) is 0 Å². The molecule has 0 bridgehead atoms. The molecule has 0 radical (unpaired) electrons. The van der Waals surface area contributed by atoms with Gasteiger partial charge in [-0.1, -0.05) is 18.2 Å². The molecule has 1 atom stereocenters. The summed E-state index contributed by atoms with van der Waals surface area (Å²) in [5.74, 6) is 0.913. The van der Waals surface area contributed by atoms with Crippen LogP contribution < -0.4 is 10.6 Å². The van der Waals surface area contributed by atoms with Crippen LogP contribution in [0, 0.1) is 0 Å². The smallest absolute Gasteiger partial charge is 0.191 e. The molecule has 0 spiro atoms. The second-order valence-corrected chi connectivity index (χ2v) is 7.11. The van der Waals surface area contributed by atoms with Crippen LogP contribution >= 0.6 is 24.0 Å². The number of rotatable bonds is 8. The van der Waals surface area contributed by atoms with E-state index in [9.17, 15) is 0 Å². The van der Waals surface area contributed by atoms with Crippen LogP contribution in [-0.2, 0) is 11.2 Å². The van der Waals surface area contributed by atoms with Gasteiger partial charge in [-0.2, -0.15) is 0 Å². The van der Waals surface area contributed by atoms with Gasteiger partial charge in [-0.3, -0.25) is 9.89 Å². The fourth-order valence-corrected chi connectivity index (χ4v) is 3.52. The Morgan fingerprint density at radius 2 is 2.04 bits per heavy atom. The molecule has 0 saturated carbocycles. The molecule has 0 amide bonds. The molecule has 2 aromatic rings. The van der Waals surface area contributed by atoms with Gasteiger partial charge >= 0.3 is 0 Å². The first-order chi connectivity index (χ1) is 13.3. The molecule has 3 rings (SSSR count). The maximum Gasteiger partial charge on any atom is 0.191 e. The molecule has 1 aliphatic heterocycles. The normalized spacial score (nSPS) is 16.6. The molecule has 7 heteroatoms. The van der Waals surface area contributed by atoms with Gasteiger partial charge in [0.15, 0.2) is 5.96 Å². The summed E-state index contributed by atoms with van der Waals surface area (Å²) in [5, 5.41) is 8.16. The van der Waals surface area contributed by atoms with Crippen molar-refractivity contribution < 1.29 is 4.74 Å². The Kier molecular flexibility index (Phi) is 10.1. The first kappa shape index (κ1) is 23.0. The van der Waals surface area contributed by atoms with E-state index >= 15 is 0 Å². The van der Waals surface area contributed by atoms with Crippen molar-refractivity contribution >= 4 is 40.8 Å². The van der Waals surface area contributed by atoms with E-state index in [1.54, 1.807) is 0 Å². The minimum atomic E-state index is 0. The van der Waals surface area contributed by atoms with Crippen LogP contribution in [0.25, 0.3) is 10.9 Å². The largest absolute Gasteiger partial charge is 0.379 e. The number of hydrogen-bond acceptors (Lipinski definition) is 3. The summed E-state index contributed by atoms with van der Waals surface area (Å²) in [5.41, 5.74) is 2.60. The van der Waals surface area contributed by atoms with E-state index in [4.69, 9.17) is 9.73 Å². The fraction of sp³-hybridized carbons (Fsp3) is 0.571. The molecule has 156 valence electrons. The van der Waals surface area contributed by atoms with Crippen LogP contribution in [0.3, 0.4) is 0 Å². The van der Waals surface area contributed by atoms with E-state index in [1.807, 2.05) is 0 Å². The number of halogens is 1. The molecule has 1 saturated heterocycles. The third-order valence-corrected chi connectivity index (χ3v) is 5.12. The molecule has 1 fully saturated rings. The first-order valence-electron chi connectivity index (χ1n) is 10.2. The van der Waals surface area contributed by atoms with Gasteiger partial charge < -0.3 is 20.4 Å². The number of aromatic amines is 1. The second kappa shape index (κ2) is 12.3. The number of morpholine rings is 1. The van der Waals surface area contributed by atoms with Gasteiger partial charge in [0.2, 0.25) is 0 Å². The summed E-state index contributed by atoms with van der Waals surface area (Å²) in [7, 11) is 0. The van der Waals surface area contributed by atoms with Crippen molar-refractivity contribution in [3.05, 3.63) is 36.0 Å². The third kappa shape index (κ3) is 6.63. The zero-order valence-electron chi connectivity index (χ0n) is 17.0. The minimum absolute atomic E-state index is 0. The maximum atomic E-state index is 5.43. The predicted octanol–water partition coefficient (Wildman–Crippen LogP) is 2.99. The Bertz CT molecular complexity index is 726. The molecule has 3 N–H and O–H groups in total. The monoisotopic (exact) mass is 499 g/mol. The number of benzene rings is 1. The van der Waals surface area contributed by atoms with Crippen molar-refractivity contribution in [1.82, 2.24) is 20.5 Å². The van der Waals surface area contributed by atoms with E-state index in [-0.39, 0.29) is 24.0 Å². The summed E-state index contributed by atoms with van der Waals surface area (Å²) in [6, 6.07) is 8.93. The third-order valence-electron chi connectivity index (χ3n) is 5.12. The van der Waals surface area contributed by atoms with Gasteiger partial charge in [0.05, 0.1) is 19.8 Å². The number of aliphatic imine (C=N–C) groups is 1. The molecule has 1 aromatic carbocycles. The highest BCUT2D eigenvalue weighted by Gasteiger charge is 2.16. The van der Waals surface area contributed by atoms with Crippen LogP contribution in [-0.4, -0.2) is 67.8 Å². The van der Waals surface area contributed by atoms with Crippen LogP contribution in [0.4, 0.5) is 0 Å². The number of H-pyrrole nitrogens is 1. The number of para-hydroxylation sites is 1. The van der Waals surface area contributed by atoms with Crippen LogP contribution in [0.1, 0.15) is 25.8 Å². The van der Waals surface area contributed by atoms with Gasteiger partial charge in [0, 0.05) is 49.3 Å². The number of guanidine groups is 1. The summed E-state index contributed by atoms with van der Waals surface area (Å²) < 4.78 is 5.43. The van der Waals surface area contributed by atoms with Gasteiger partial charge in [-0.25, -0.2) is 0 Å². The number of aromatic nitrogens is 1. The summed E-state index contributed by atoms with van der Waals surface area (Å²) in [6.07, 6.45) is 4.26. The average molecular weight is 499 g/mol. The van der Waals surface area contributed by atoms with Gasteiger partial charge in [0.25, 0.3) is 0 Å². The summed E-state index contributed by atoms with van der Waals surface area (Å²) in [6.45, 7) is 10.6. The van der Waals surface area contributed by atoms with Crippen LogP contribution in [0.2, 0.25) is 0 Å². The second-order valence-electron chi connectivity index (χ2n) is 7.11. The lowest BCUT2D eigenvalue weighted by atomic mass is 10.1. The number of nitrogens with one attached hydrogen (secondary N) is 3. The molecule has 1 unspecified atom stereocenters. The van der Waals surface area contributed by atoms with Crippen molar-refractivity contribution in [2.24, 2.45) is 4.99 Å². The van der Waals surface area contributed by atoms with Crippen LogP contribution in [0.5, 0.6) is 0 Å². The summed E-state index contributed by atoms with van der Waals surface area (Å²) >= 11 is 0. The predicted molar refractivity (Wildman–Crippen MR) is 128 cm³/mol. The van der Waals surface area contributed by atoms with Crippen LogP contribution in [0.15, 0.2) is 35.5 Å². The SMILES string of the molecule is CCNC(=NCC(C)N1CCOCC1)NCCCc1c[nH]c2ccccc12.I. The lowest BCUT2D eigenvalue weighted by Crippen LogP contribution is -2.44. The van der Waals surface area contributed by atoms with Crippen molar-refractivity contribution in [3.63, 3.8) is 0 Å². The topological polar surface area (TPSA) is 64.7 Å². The Labute approximate surface area is 185 Å². The number of fused-ring (bicyclic) bond motifs is 1. The van der Waals surface area contributed by atoms with Crippen molar-refractivity contribution in [3.8, 4) is 0 Å². The number of aryl methyl sites for hydroxylation is 1. The summed E-state index contributed by atoms with van der Waals surface area (Å²) in [4.78, 5) is 10.6. The molecular weight excluding hydrogens is 465 g/mol. The van der Waals surface area contributed by atoms with E-state index < -0.39 is 0 Å². The standard InChI is InChI=1S/C21H33N5O.HI/c1-3-22-21(25-15-17(2)26-11-13-27-14-12-26)23-10-6-7-18-16-24-20-9-5-4-8-19(18)20;/h4-5,8-9,16-17,24H,3,6-7,10-15H2,1-2H3,(H2,22,23,25);1H. The highest BCUT2D eigenvalue weighted by molar-refractivity contribution is 14.0. The fourth-order valence-electron chi connectivity index (χ4n) is 3.52. The Morgan fingerprint density at radius 1 is 1.25 bits per heavy atom. The molecule has 1 aliphatic rings. The molecule has 1 aromatic heterocycles. The van der Waals surface area contributed by atoms with Crippen molar-refractivity contribution in [1.29, 1.82) is 0 Å². The highest BCUT2D eigenvalue weighted by Crippen LogP contribution is 2.18. The van der Waals surface area contributed by atoms with Crippen molar-refractivity contribution in [2.75, 3.05) is 45.9 Å². The van der Waals surface area contributed by atoms with E-state index in [0.717, 1.165) is 64.7 Å². The molecule has 0 aliphatic carbocycles. The number of nitrogens with zero attached hydrogens (tertiary/aromatic N) is 2. The van der Waals surface area contributed by atoms with Crippen molar-refractivity contribution in [2.45, 2.75) is 32.7 Å². The van der Waals surface area contributed by atoms with E-state index in [2.05, 4.69) is 64.8 Å². The molecule has 6 nitrogen and oxygen atoms in total. The minimum Gasteiger partial charge on any atom is -0.379 e. The lowest BCUT2D eigenvalue weighted by Gasteiger charge is -2.31. The zero-order valence-corrected chi connectivity index (χ0v) is 19.4. The average Bonchev–Trinajstić information content (AvgIpc) is 3.13. The highest BCUT2D eigenvalue weighted by atomic mass is 127. The van der Waals surface area contributed by atoms with E-state index in [1.165, 1.54) is 16.5 Å². The quantitative estimate of drug-likeness (QED) is 0.226. The molecule has 28 heavy (non-hydrogen) atoms. The zero-order chi connectivity index (χ0) is 18.9. The Hall–Kier alpha value is -1.32. The lowest BCUT2D eigenvalue weighted by molar-refractivity contribution is 0.0220. The number of hydrogen-bond donors (Lipinski definition) is 3. The Balaban J connectivity index is 0.00000280.